The molecule has 1 amide bonds. The third-order valence-electron chi connectivity index (χ3n) is 3.53. The lowest BCUT2D eigenvalue weighted by atomic mass is 10.2. The second-order valence-electron chi connectivity index (χ2n) is 5.04. The van der Waals surface area contributed by atoms with Gasteiger partial charge in [0.1, 0.15) is 0 Å². The molecule has 6 nitrogen and oxygen atoms in total. The zero-order valence-electron chi connectivity index (χ0n) is 12.4. The number of ether oxygens (including phenoxy) is 1. The summed E-state index contributed by atoms with van der Waals surface area (Å²) in [4.78, 5) is 22.8. The van der Waals surface area contributed by atoms with Crippen LogP contribution in [0.4, 0.5) is 5.82 Å². The van der Waals surface area contributed by atoms with Crippen LogP contribution in [0, 0.1) is 0 Å². The van der Waals surface area contributed by atoms with E-state index < -0.39 is 0 Å². The summed E-state index contributed by atoms with van der Waals surface area (Å²) in [7, 11) is 0. The smallest absolute Gasteiger partial charge is 0.257 e. The van der Waals surface area contributed by atoms with E-state index in [1.54, 1.807) is 12.4 Å². The van der Waals surface area contributed by atoms with Crippen LogP contribution in [-0.4, -0.2) is 41.6 Å². The highest BCUT2D eigenvalue weighted by atomic mass is 32.1. The minimum Gasteiger partial charge on any atom is -0.475 e. The average molecular weight is 318 g/mol. The number of aromatic nitrogens is 2. The molecule has 1 unspecified atom stereocenters. The molecule has 1 atom stereocenters. The SMILES string of the molecule is CCOc1nccnc1N1CCC(NC(=O)c2ccsc2)C1. The van der Waals surface area contributed by atoms with Gasteiger partial charge in [-0.25, -0.2) is 9.97 Å². The summed E-state index contributed by atoms with van der Waals surface area (Å²) in [6.45, 7) is 4.02. The Morgan fingerprint density at radius 1 is 1.50 bits per heavy atom. The lowest BCUT2D eigenvalue weighted by molar-refractivity contribution is 0.0941. The minimum atomic E-state index is -0.0164. The Morgan fingerprint density at radius 2 is 2.36 bits per heavy atom. The minimum absolute atomic E-state index is 0.0164. The topological polar surface area (TPSA) is 67.4 Å². The van der Waals surface area contributed by atoms with E-state index in [9.17, 15) is 4.79 Å². The summed E-state index contributed by atoms with van der Waals surface area (Å²) in [5, 5.41) is 6.84. The number of hydrogen-bond donors (Lipinski definition) is 1. The molecule has 1 aliphatic heterocycles. The van der Waals surface area contributed by atoms with Crippen LogP contribution in [0.5, 0.6) is 5.88 Å². The van der Waals surface area contributed by atoms with Gasteiger partial charge >= 0.3 is 0 Å². The third-order valence-corrected chi connectivity index (χ3v) is 4.22. The molecule has 116 valence electrons. The van der Waals surface area contributed by atoms with Crippen LogP contribution in [0.25, 0.3) is 0 Å². The fourth-order valence-corrected chi connectivity index (χ4v) is 3.14. The van der Waals surface area contributed by atoms with Crippen molar-refractivity contribution in [3.8, 4) is 5.88 Å². The molecule has 0 aliphatic carbocycles. The van der Waals surface area contributed by atoms with Gasteiger partial charge in [-0.3, -0.25) is 4.79 Å². The molecule has 3 heterocycles. The largest absolute Gasteiger partial charge is 0.475 e. The standard InChI is InChI=1S/C15H18N4O2S/c1-2-21-15-13(16-5-6-17-15)19-7-3-12(9-19)18-14(20)11-4-8-22-10-11/h4-6,8,10,12H,2-3,7,9H2,1H3,(H,18,20). The molecule has 1 N–H and O–H groups in total. The Bertz CT molecular complexity index is 632. The van der Waals surface area contributed by atoms with Crippen LogP contribution in [0.1, 0.15) is 23.7 Å². The average Bonchev–Trinajstić information content (AvgIpc) is 3.19. The van der Waals surface area contributed by atoms with Gasteiger partial charge in [-0.2, -0.15) is 11.3 Å². The zero-order chi connectivity index (χ0) is 15.4. The molecule has 0 saturated carbocycles. The van der Waals surface area contributed by atoms with Crippen molar-refractivity contribution in [1.82, 2.24) is 15.3 Å². The van der Waals surface area contributed by atoms with Crippen LogP contribution >= 0.6 is 11.3 Å². The predicted octanol–water partition coefficient (Wildman–Crippen LogP) is 1.95. The summed E-state index contributed by atoms with van der Waals surface area (Å²) < 4.78 is 5.52. The van der Waals surface area contributed by atoms with Crippen LogP contribution in [0.3, 0.4) is 0 Å². The first-order valence-corrected chi connectivity index (χ1v) is 8.24. The highest BCUT2D eigenvalue weighted by molar-refractivity contribution is 7.08. The first-order chi connectivity index (χ1) is 10.8. The number of hydrogen-bond acceptors (Lipinski definition) is 6. The van der Waals surface area contributed by atoms with Crippen molar-refractivity contribution in [2.45, 2.75) is 19.4 Å². The Kier molecular flexibility index (Phi) is 4.53. The van der Waals surface area contributed by atoms with Crippen molar-refractivity contribution < 1.29 is 9.53 Å². The maximum Gasteiger partial charge on any atom is 0.257 e. The van der Waals surface area contributed by atoms with Crippen molar-refractivity contribution in [1.29, 1.82) is 0 Å². The van der Waals surface area contributed by atoms with Gasteiger partial charge in [0.05, 0.1) is 6.61 Å². The van der Waals surface area contributed by atoms with E-state index in [4.69, 9.17) is 4.74 Å². The van der Waals surface area contributed by atoms with Crippen molar-refractivity contribution in [3.63, 3.8) is 0 Å². The number of nitrogens with zero attached hydrogens (tertiary/aromatic N) is 3. The molecular formula is C15H18N4O2S. The highest BCUT2D eigenvalue weighted by Gasteiger charge is 2.27. The Balaban J connectivity index is 1.64. The monoisotopic (exact) mass is 318 g/mol. The van der Waals surface area contributed by atoms with Crippen LogP contribution < -0.4 is 15.0 Å². The molecule has 22 heavy (non-hydrogen) atoms. The predicted molar refractivity (Wildman–Crippen MR) is 85.6 cm³/mol. The Morgan fingerprint density at radius 3 is 3.14 bits per heavy atom. The second kappa shape index (κ2) is 6.74. The van der Waals surface area contributed by atoms with Gasteiger partial charge in [0.25, 0.3) is 11.8 Å². The summed E-state index contributed by atoms with van der Waals surface area (Å²) in [6, 6.07) is 1.95. The molecule has 0 spiro atoms. The van der Waals surface area contributed by atoms with Gasteiger partial charge in [-0.1, -0.05) is 0 Å². The van der Waals surface area contributed by atoms with E-state index in [1.165, 1.54) is 11.3 Å². The van der Waals surface area contributed by atoms with Gasteiger partial charge in [-0.05, 0) is 24.8 Å². The van der Waals surface area contributed by atoms with Gasteiger partial charge in [0.15, 0.2) is 5.82 Å². The molecular weight excluding hydrogens is 300 g/mol. The number of carbonyl (C=O) groups is 1. The van der Waals surface area contributed by atoms with Gasteiger partial charge < -0.3 is 15.0 Å². The number of rotatable bonds is 5. The lowest BCUT2D eigenvalue weighted by Crippen LogP contribution is -2.37. The maximum absolute atomic E-state index is 12.1. The van der Waals surface area contributed by atoms with Gasteiger partial charge in [0, 0.05) is 42.5 Å². The number of amides is 1. The van der Waals surface area contributed by atoms with Crippen LogP contribution in [0.2, 0.25) is 0 Å². The quantitative estimate of drug-likeness (QED) is 0.912. The fourth-order valence-electron chi connectivity index (χ4n) is 2.51. The van der Waals surface area contributed by atoms with E-state index in [0.717, 1.165) is 24.3 Å². The van der Waals surface area contributed by atoms with Gasteiger partial charge in [-0.15, -0.1) is 0 Å². The van der Waals surface area contributed by atoms with E-state index >= 15 is 0 Å². The fraction of sp³-hybridized carbons (Fsp3) is 0.400. The molecule has 0 bridgehead atoms. The van der Waals surface area contributed by atoms with E-state index in [1.807, 2.05) is 23.8 Å². The highest BCUT2D eigenvalue weighted by Crippen LogP contribution is 2.26. The molecule has 1 aliphatic rings. The van der Waals surface area contributed by atoms with Crippen LogP contribution in [0.15, 0.2) is 29.2 Å². The number of nitrogens with one attached hydrogen (secondary N) is 1. The normalized spacial score (nSPS) is 17.5. The van der Waals surface area contributed by atoms with Crippen molar-refractivity contribution in [2.75, 3.05) is 24.6 Å². The van der Waals surface area contributed by atoms with Crippen molar-refractivity contribution in [3.05, 3.63) is 34.8 Å². The molecule has 0 aromatic carbocycles. The number of carbonyl (C=O) groups excluding carboxylic acids is 1. The summed E-state index contributed by atoms with van der Waals surface area (Å²) in [5.74, 6) is 1.28. The molecule has 2 aromatic heterocycles. The first-order valence-electron chi connectivity index (χ1n) is 7.29. The Hall–Kier alpha value is -2.15. The Labute approximate surface area is 133 Å². The second-order valence-corrected chi connectivity index (χ2v) is 5.82. The van der Waals surface area contributed by atoms with Crippen molar-refractivity contribution >= 4 is 23.1 Å². The van der Waals surface area contributed by atoms with E-state index in [-0.39, 0.29) is 11.9 Å². The molecule has 7 heteroatoms. The van der Waals surface area contributed by atoms with E-state index in [2.05, 4.69) is 20.2 Å². The van der Waals surface area contributed by atoms with E-state index in [0.29, 0.717) is 19.0 Å². The van der Waals surface area contributed by atoms with Gasteiger partial charge in [0.2, 0.25) is 0 Å². The lowest BCUT2D eigenvalue weighted by Gasteiger charge is -2.19. The summed E-state index contributed by atoms with van der Waals surface area (Å²) in [6.07, 6.45) is 4.17. The molecule has 2 aromatic rings. The summed E-state index contributed by atoms with van der Waals surface area (Å²) in [5.41, 5.74) is 0.720. The maximum atomic E-state index is 12.1. The molecule has 3 rings (SSSR count). The first kappa shape index (κ1) is 14.8. The molecule has 1 saturated heterocycles. The summed E-state index contributed by atoms with van der Waals surface area (Å²) >= 11 is 1.52. The van der Waals surface area contributed by atoms with Crippen molar-refractivity contribution in [2.24, 2.45) is 0 Å². The molecule has 1 fully saturated rings. The van der Waals surface area contributed by atoms with Crippen LogP contribution in [-0.2, 0) is 0 Å². The zero-order valence-corrected chi connectivity index (χ0v) is 13.2. The third kappa shape index (κ3) is 3.19. The number of anilines is 1. The number of thiophene rings is 1. The molecule has 0 radical (unpaired) electrons.